The number of aliphatic imine (C=N–C) groups is 1. The van der Waals surface area contributed by atoms with E-state index in [1.165, 1.54) is 0 Å². The van der Waals surface area contributed by atoms with Gasteiger partial charge in [-0.25, -0.2) is 9.97 Å². The molecule has 0 bridgehead atoms. The lowest BCUT2D eigenvalue weighted by atomic mass is 10.1. The van der Waals surface area contributed by atoms with Crippen molar-refractivity contribution in [1.82, 2.24) is 9.97 Å². The van der Waals surface area contributed by atoms with Gasteiger partial charge in [-0.1, -0.05) is 6.08 Å². The third kappa shape index (κ3) is 4.37. The molecule has 1 aromatic heterocycles. The Morgan fingerprint density at radius 3 is 2.50 bits per heavy atom. The molecule has 0 aromatic carbocycles. The van der Waals surface area contributed by atoms with Gasteiger partial charge in [0, 0.05) is 24.5 Å². The zero-order valence-electron chi connectivity index (χ0n) is 11.5. The van der Waals surface area contributed by atoms with E-state index in [0.717, 1.165) is 24.1 Å². The van der Waals surface area contributed by atoms with Gasteiger partial charge in [-0.05, 0) is 45.9 Å². The summed E-state index contributed by atoms with van der Waals surface area (Å²) in [5.41, 5.74) is 1.11. The van der Waals surface area contributed by atoms with E-state index in [-0.39, 0.29) is 0 Å². The standard InChI is InChI=1S/C14H21N3O/c1-5-15-8-6-7-11(2)12-9-16-13(17-10-12)14(3,4)18/h5,7,9-10,18H,6,8H2,1-4H3. The summed E-state index contributed by atoms with van der Waals surface area (Å²) in [5, 5.41) is 9.76. The molecule has 18 heavy (non-hydrogen) atoms. The molecule has 4 nitrogen and oxygen atoms in total. The molecule has 0 unspecified atom stereocenters. The number of aromatic nitrogens is 2. The Kier molecular flexibility index (Phi) is 5.16. The molecular formula is C14H21N3O. The summed E-state index contributed by atoms with van der Waals surface area (Å²) in [6, 6.07) is 0. The summed E-state index contributed by atoms with van der Waals surface area (Å²) in [4.78, 5) is 12.5. The molecule has 0 saturated carbocycles. The van der Waals surface area contributed by atoms with Crippen molar-refractivity contribution in [3.63, 3.8) is 0 Å². The van der Waals surface area contributed by atoms with Gasteiger partial charge >= 0.3 is 0 Å². The van der Waals surface area contributed by atoms with E-state index in [4.69, 9.17) is 0 Å². The highest BCUT2D eigenvalue weighted by molar-refractivity contribution is 5.62. The Bertz CT molecular complexity index is 427. The zero-order chi connectivity index (χ0) is 13.6. The minimum absolute atomic E-state index is 0.439. The summed E-state index contributed by atoms with van der Waals surface area (Å²) < 4.78 is 0. The number of aliphatic hydroxyl groups is 1. The lowest BCUT2D eigenvalue weighted by molar-refractivity contribution is 0.0686. The first-order valence-corrected chi connectivity index (χ1v) is 6.11. The van der Waals surface area contributed by atoms with Crippen molar-refractivity contribution in [2.24, 2.45) is 4.99 Å². The van der Waals surface area contributed by atoms with Crippen LogP contribution in [0, 0.1) is 0 Å². The first kappa shape index (κ1) is 14.5. The van der Waals surface area contributed by atoms with E-state index in [1.54, 1.807) is 26.2 Å². The van der Waals surface area contributed by atoms with Gasteiger partial charge in [0.25, 0.3) is 0 Å². The Labute approximate surface area is 109 Å². The van der Waals surface area contributed by atoms with Crippen LogP contribution in [0.25, 0.3) is 5.57 Å². The predicted molar refractivity (Wildman–Crippen MR) is 74.6 cm³/mol. The fourth-order valence-corrected chi connectivity index (χ4v) is 1.45. The summed E-state index contributed by atoms with van der Waals surface area (Å²) in [6.07, 6.45) is 8.33. The van der Waals surface area contributed by atoms with Gasteiger partial charge in [0.05, 0.1) is 0 Å². The maximum absolute atomic E-state index is 9.76. The van der Waals surface area contributed by atoms with E-state index >= 15 is 0 Å². The van der Waals surface area contributed by atoms with Crippen LogP contribution in [-0.2, 0) is 5.60 Å². The van der Waals surface area contributed by atoms with Crippen molar-refractivity contribution in [3.05, 3.63) is 29.9 Å². The lowest BCUT2D eigenvalue weighted by Crippen LogP contribution is -2.19. The third-order valence-electron chi connectivity index (χ3n) is 2.55. The highest BCUT2D eigenvalue weighted by atomic mass is 16.3. The van der Waals surface area contributed by atoms with Crippen molar-refractivity contribution in [3.8, 4) is 0 Å². The second kappa shape index (κ2) is 6.40. The predicted octanol–water partition coefficient (Wildman–Crippen LogP) is 2.59. The van der Waals surface area contributed by atoms with Crippen LogP contribution in [0.15, 0.2) is 23.5 Å². The van der Waals surface area contributed by atoms with Crippen LogP contribution in [0.5, 0.6) is 0 Å². The van der Waals surface area contributed by atoms with Gasteiger partial charge in [-0.15, -0.1) is 0 Å². The van der Waals surface area contributed by atoms with Crippen LogP contribution in [0.3, 0.4) is 0 Å². The largest absolute Gasteiger partial charge is 0.382 e. The first-order chi connectivity index (χ1) is 8.45. The quantitative estimate of drug-likeness (QED) is 0.642. The van der Waals surface area contributed by atoms with E-state index in [2.05, 4.69) is 21.0 Å². The fraction of sp³-hybridized carbons (Fsp3) is 0.500. The summed E-state index contributed by atoms with van der Waals surface area (Å²) in [6.45, 7) is 8.09. The second-order valence-corrected chi connectivity index (χ2v) is 4.69. The normalized spacial score (nSPS) is 13.3. The summed E-state index contributed by atoms with van der Waals surface area (Å²) >= 11 is 0. The Morgan fingerprint density at radius 1 is 1.39 bits per heavy atom. The second-order valence-electron chi connectivity index (χ2n) is 4.69. The molecule has 0 radical (unpaired) electrons. The maximum atomic E-state index is 9.76. The number of hydrogen-bond acceptors (Lipinski definition) is 4. The average molecular weight is 247 g/mol. The van der Waals surface area contributed by atoms with Gasteiger partial charge in [0.2, 0.25) is 0 Å². The Morgan fingerprint density at radius 2 is 2.00 bits per heavy atom. The zero-order valence-corrected chi connectivity index (χ0v) is 11.5. The Hall–Kier alpha value is -1.55. The summed E-state index contributed by atoms with van der Waals surface area (Å²) in [7, 11) is 0. The maximum Gasteiger partial charge on any atom is 0.159 e. The minimum atomic E-state index is -0.994. The number of nitrogens with zero attached hydrogens (tertiary/aromatic N) is 3. The van der Waals surface area contributed by atoms with Gasteiger partial charge in [-0.3, -0.25) is 4.99 Å². The molecule has 1 N–H and O–H groups in total. The monoisotopic (exact) mass is 247 g/mol. The van der Waals surface area contributed by atoms with Crippen molar-refractivity contribution in [1.29, 1.82) is 0 Å². The van der Waals surface area contributed by atoms with E-state index in [9.17, 15) is 5.11 Å². The number of hydrogen-bond donors (Lipinski definition) is 1. The Balaban J connectivity index is 2.73. The fourth-order valence-electron chi connectivity index (χ4n) is 1.45. The van der Waals surface area contributed by atoms with Crippen LogP contribution in [0.4, 0.5) is 0 Å². The van der Waals surface area contributed by atoms with E-state index in [1.807, 2.05) is 20.1 Å². The van der Waals surface area contributed by atoms with Crippen LogP contribution >= 0.6 is 0 Å². The van der Waals surface area contributed by atoms with E-state index in [0.29, 0.717) is 5.82 Å². The van der Waals surface area contributed by atoms with Crippen LogP contribution in [0.1, 0.15) is 45.5 Å². The molecule has 0 amide bonds. The van der Waals surface area contributed by atoms with Crippen LogP contribution < -0.4 is 0 Å². The smallest absolute Gasteiger partial charge is 0.159 e. The summed E-state index contributed by atoms with van der Waals surface area (Å²) in [5.74, 6) is 0.439. The van der Waals surface area contributed by atoms with Crippen molar-refractivity contribution in [2.75, 3.05) is 6.54 Å². The molecule has 98 valence electrons. The van der Waals surface area contributed by atoms with Gasteiger partial charge in [0.15, 0.2) is 5.82 Å². The van der Waals surface area contributed by atoms with E-state index < -0.39 is 5.60 Å². The topological polar surface area (TPSA) is 58.4 Å². The molecule has 0 atom stereocenters. The highest BCUT2D eigenvalue weighted by Crippen LogP contribution is 2.17. The molecule has 0 fully saturated rings. The molecule has 1 rings (SSSR count). The van der Waals surface area contributed by atoms with Crippen molar-refractivity contribution in [2.45, 2.75) is 39.7 Å². The minimum Gasteiger partial charge on any atom is -0.382 e. The van der Waals surface area contributed by atoms with Gasteiger partial charge in [0.1, 0.15) is 5.60 Å². The molecule has 0 aliphatic rings. The third-order valence-corrected chi connectivity index (χ3v) is 2.55. The molecule has 0 aliphatic heterocycles. The molecule has 0 aliphatic carbocycles. The molecule has 0 spiro atoms. The highest BCUT2D eigenvalue weighted by Gasteiger charge is 2.18. The number of rotatable bonds is 5. The van der Waals surface area contributed by atoms with Crippen molar-refractivity contribution < 1.29 is 5.11 Å². The molecular weight excluding hydrogens is 226 g/mol. The molecule has 1 heterocycles. The van der Waals surface area contributed by atoms with Crippen LogP contribution in [-0.4, -0.2) is 27.8 Å². The van der Waals surface area contributed by atoms with Gasteiger partial charge < -0.3 is 5.11 Å². The SMILES string of the molecule is CC=NCCC=C(C)c1cnc(C(C)(C)O)nc1. The first-order valence-electron chi connectivity index (χ1n) is 6.11. The molecule has 0 saturated heterocycles. The average Bonchev–Trinajstić information content (AvgIpc) is 2.33. The lowest BCUT2D eigenvalue weighted by Gasteiger charge is -2.15. The van der Waals surface area contributed by atoms with Crippen LogP contribution in [0.2, 0.25) is 0 Å². The molecule has 4 heteroatoms. The molecule has 1 aromatic rings. The number of allylic oxidation sites excluding steroid dienone is 1. The van der Waals surface area contributed by atoms with Crippen molar-refractivity contribution >= 4 is 11.8 Å². The van der Waals surface area contributed by atoms with Gasteiger partial charge in [-0.2, -0.15) is 0 Å².